The SMILES string of the molecule is CCc1cccc(-c2cnc(C(=O)NCCOCCN(CC[C@H](NC(=O)C3(N)CCN(c4ncnc5[nH]ccc45)CC3)c3ccc(Cl)cc3)C(=O)OCC3c4ccccc4-c4ccccc43)c(NC(=O)OC(C)(C)C)c2)c1. The number of anilines is 2. The summed E-state index contributed by atoms with van der Waals surface area (Å²) in [5.74, 6) is -0.207. The van der Waals surface area contributed by atoms with Crippen LogP contribution in [0.5, 0.6) is 0 Å². The number of pyridine rings is 1. The molecule has 7 aromatic rings. The summed E-state index contributed by atoms with van der Waals surface area (Å²) in [4.78, 5) is 75.6. The fourth-order valence-corrected chi connectivity index (χ4v) is 10.0. The Kier molecular flexibility index (Phi) is 16.8. The molecule has 4 amide bonds. The zero-order valence-corrected chi connectivity index (χ0v) is 44.6. The van der Waals surface area contributed by atoms with Gasteiger partial charge in [-0.1, -0.05) is 103 Å². The van der Waals surface area contributed by atoms with Gasteiger partial charge in [-0.2, -0.15) is 0 Å². The first-order valence-electron chi connectivity index (χ1n) is 26.1. The summed E-state index contributed by atoms with van der Waals surface area (Å²) < 4.78 is 17.7. The molecule has 0 radical (unpaired) electrons. The summed E-state index contributed by atoms with van der Waals surface area (Å²) in [5.41, 5.74) is 13.8. The van der Waals surface area contributed by atoms with E-state index in [4.69, 9.17) is 31.5 Å². The van der Waals surface area contributed by atoms with Gasteiger partial charge in [0.25, 0.3) is 5.91 Å². The maximum atomic E-state index is 14.4. The molecular weight excluding hydrogens is 996 g/mol. The number of nitrogens with zero attached hydrogens (tertiary/aromatic N) is 5. The lowest BCUT2D eigenvalue weighted by Crippen LogP contribution is -2.60. The highest BCUT2D eigenvalue weighted by atomic mass is 35.5. The van der Waals surface area contributed by atoms with Gasteiger partial charge in [-0.25, -0.2) is 24.5 Å². The molecule has 4 heterocycles. The molecule has 9 rings (SSSR count). The fraction of sp³-hybridized carbons (Fsp3) is 0.339. The first-order chi connectivity index (χ1) is 37.2. The number of nitrogens with two attached hydrogens (primary N) is 1. The van der Waals surface area contributed by atoms with Crippen LogP contribution in [0.3, 0.4) is 0 Å². The highest BCUT2D eigenvalue weighted by Crippen LogP contribution is 2.44. The zero-order chi connectivity index (χ0) is 54.1. The van der Waals surface area contributed by atoms with Gasteiger partial charge in [-0.15, -0.1) is 0 Å². The lowest BCUT2D eigenvalue weighted by molar-refractivity contribution is -0.128. The summed E-state index contributed by atoms with van der Waals surface area (Å²) in [5, 5.41) is 10.3. The van der Waals surface area contributed by atoms with Gasteiger partial charge >= 0.3 is 12.2 Å². The lowest BCUT2D eigenvalue weighted by atomic mass is 9.87. The Morgan fingerprint density at radius 1 is 0.870 bits per heavy atom. The second-order valence-corrected chi connectivity index (χ2v) is 20.8. The van der Waals surface area contributed by atoms with Crippen molar-refractivity contribution in [3.05, 3.63) is 161 Å². The van der Waals surface area contributed by atoms with Gasteiger partial charge in [0.1, 0.15) is 30.0 Å². The highest BCUT2D eigenvalue weighted by molar-refractivity contribution is 6.30. The number of aromatic amines is 1. The van der Waals surface area contributed by atoms with E-state index in [9.17, 15) is 19.2 Å². The normalized spacial score (nSPS) is 14.3. The van der Waals surface area contributed by atoms with Gasteiger partial charge in [0.05, 0.1) is 35.9 Å². The minimum absolute atomic E-state index is 0.00147. The topological polar surface area (TPSA) is 219 Å². The molecule has 4 aromatic carbocycles. The molecule has 1 saturated heterocycles. The predicted octanol–water partition coefficient (Wildman–Crippen LogP) is 9.83. The van der Waals surface area contributed by atoms with Crippen LogP contribution in [0.4, 0.5) is 21.1 Å². The van der Waals surface area contributed by atoms with Crippen molar-refractivity contribution in [2.45, 2.75) is 76.5 Å². The fourth-order valence-electron chi connectivity index (χ4n) is 9.92. The van der Waals surface area contributed by atoms with Crippen LogP contribution >= 0.6 is 11.6 Å². The van der Waals surface area contributed by atoms with Crippen LogP contribution in [0, 0.1) is 0 Å². The lowest BCUT2D eigenvalue weighted by Gasteiger charge is -2.39. The quantitative estimate of drug-likeness (QED) is 0.0478. The average molecular weight is 1060 g/mol. The number of benzene rings is 4. The number of aryl methyl sites for hydroxylation is 1. The maximum Gasteiger partial charge on any atom is 0.412 e. The van der Waals surface area contributed by atoms with Gasteiger partial charge in [0.2, 0.25) is 5.91 Å². The molecule has 1 aliphatic carbocycles. The van der Waals surface area contributed by atoms with Gasteiger partial charge in [-0.3, -0.25) is 14.9 Å². The number of H-pyrrole nitrogens is 1. The molecule has 0 spiro atoms. The predicted molar refractivity (Wildman–Crippen MR) is 298 cm³/mol. The van der Waals surface area contributed by atoms with Crippen molar-refractivity contribution in [1.82, 2.24) is 35.5 Å². The van der Waals surface area contributed by atoms with Crippen LogP contribution in [0.2, 0.25) is 5.02 Å². The summed E-state index contributed by atoms with van der Waals surface area (Å²) in [6.45, 7) is 9.05. The number of carbonyl (C=O) groups is 4. The van der Waals surface area contributed by atoms with E-state index >= 15 is 0 Å². The van der Waals surface area contributed by atoms with Crippen LogP contribution in [0.1, 0.15) is 91.7 Å². The van der Waals surface area contributed by atoms with Crippen molar-refractivity contribution in [1.29, 1.82) is 0 Å². The molecule has 18 heteroatoms. The molecule has 6 N–H and O–H groups in total. The number of hydrogen-bond acceptors (Lipinski definition) is 12. The number of nitrogens with one attached hydrogen (secondary N) is 4. The summed E-state index contributed by atoms with van der Waals surface area (Å²) in [7, 11) is 0. The van der Waals surface area contributed by atoms with Gasteiger partial charge in [0, 0.05) is 61.6 Å². The van der Waals surface area contributed by atoms with Crippen LogP contribution < -0.4 is 26.6 Å². The van der Waals surface area contributed by atoms with Gasteiger partial charge in [-0.05, 0) is 110 Å². The number of amides is 4. The van der Waals surface area contributed by atoms with E-state index in [1.807, 2.05) is 72.9 Å². The van der Waals surface area contributed by atoms with E-state index in [0.717, 1.165) is 62.2 Å². The third kappa shape index (κ3) is 13.0. The van der Waals surface area contributed by atoms with Gasteiger partial charge in [0.15, 0.2) is 5.69 Å². The van der Waals surface area contributed by atoms with Crippen molar-refractivity contribution in [2.24, 2.45) is 5.73 Å². The molecule has 400 valence electrons. The van der Waals surface area contributed by atoms with Crippen molar-refractivity contribution < 1.29 is 33.4 Å². The summed E-state index contributed by atoms with van der Waals surface area (Å²) in [6.07, 6.45) is 5.58. The van der Waals surface area contributed by atoms with E-state index in [1.165, 1.54) is 6.33 Å². The van der Waals surface area contributed by atoms with Crippen molar-refractivity contribution in [3.8, 4) is 22.3 Å². The Balaban J connectivity index is 0.867. The van der Waals surface area contributed by atoms with Crippen LogP contribution in [0.15, 0.2) is 128 Å². The largest absolute Gasteiger partial charge is 0.448 e. The van der Waals surface area contributed by atoms with Crippen LogP contribution in [-0.4, -0.2) is 113 Å². The maximum absolute atomic E-state index is 14.4. The van der Waals surface area contributed by atoms with E-state index < -0.39 is 35.3 Å². The van der Waals surface area contributed by atoms with E-state index in [0.29, 0.717) is 42.9 Å². The second kappa shape index (κ2) is 24.0. The molecule has 1 aliphatic heterocycles. The molecule has 1 fully saturated rings. The molecule has 17 nitrogen and oxygen atoms in total. The molecule has 0 unspecified atom stereocenters. The molecule has 2 aliphatic rings. The van der Waals surface area contributed by atoms with E-state index in [2.05, 4.69) is 72.0 Å². The number of halogens is 1. The monoisotopic (exact) mass is 1060 g/mol. The number of piperidine rings is 1. The van der Waals surface area contributed by atoms with E-state index in [1.54, 1.807) is 50.1 Å². The first-order valence-corrected chi connectivity index (χ1v) is 26.5. The smallest absolute Gasteiger partial charge is 0.412 e. The number of rotatable bonds is 19. The van der Waals surface area contributed by atoms with Crippen molar-refractivity contribution >= 4 is 58.1 Å². The molecule has 77 heavy (non-hydrogen) atoms. The molecule has 0 bridgehead atoms. The Bertz CT molecular complexity index is 3180. The van der Waals surface area contributed by atoms with Crippen LogP contribution in [-0.2, 0) is 25.4 Å². The first kappa shape index (κ1) is 53.9. The minimum atomic E-state index is -1.17. The molecular formula is C59H65ClN10O7. The Labute approximate surface area is 453 Å². The Morgan fingerprint density at radius 2 is 1.60 bits per heavy atom. The molecule has 3 aromatic heterocycles. The second-order valence-electron chi connectivity index (χ2n) is 20.4. The molecule has 1 atom stereocenters. The summed E-state index contributed by atoms with van der Waals surface area (Å²) >= 11 is 6.35. The Hall–Kier alpha value is -7.86. The zero-order valence-electron chi connectivity index (χ0n) is 43.8. The van der Waals surface area contributed by atoms with Crippen LogP contribution in [0.25, 0.3) is 33.3 Å². The standard InChI is InChI=1S/C59H65ClN10O7/c1-5-38-11-10-12-40(33-38)41-34-50(68-56(73)77-58(2,3)4)51(64-35-41)54(71)63-26-31-75-32-30-70(57(74)76-36-48-45-15-8-6-13-43(45)44-14-7-9-16-46(44)48)27-22-49(39-17-19-42(60)20-18-39)67-55(72)59(61)23-28-69(29-24-59)53-47-21-25-62-52(47)65-37-66-53/h6-21,25,33-35,37,48-49H,5,22-24,26-32,36,61H2,1-4H3,(H,63,71)(H,67,72)(H,68,73)(H,62,65,66)/t49-/m0/s1. The Morgan fingerprint density at radius 3 is 2.31 bits per heavy atom. The van der Waals surface area contributed by atoms with Crippen molar-refractivity contribution in [2.75, 3.05) is 62.8 Å². The molecule has 0 saturated carbocycles. The number of aromatic nitrogens is 4. The third-order valence-corrected chi connectivity index (χ3v) is 14.3. The minimum Gasteiger partial charge on any atom is -0.448 e. The van der Waals surface area contributed by atoms with E-state index in [-0.39, 0.29) is 62.7 Å². The third-order valence-electron chi connectivity index (χ3n) is 14.0. The average Bonchev–Trinajstić information content (AvgIpc) is 4.06. The van der Waals surface area contributed by atoms with Gasteiger partial charge < -0.3 is 45.4 Å². The number of carbonyl (C=O) groups excluding carboxylic acids is 4. The number of ether oxygens (including phenoxy) is 3. The van der Waals surface area contributed by atoms with Crippen molar-refractivity contribution in [3.63, 3.8) is 0 Å². The number of fused-ring (bicyclic) bond motifs is 4. The summed E-state index contributed by atoms with van der Waals surface area (Å²) in [6, 6.07) is 34.6. The highest BCUT2D eigenvalue weighted by Gasteiger charge is 2.40. The number of hydrogen-bond donors (Lipinski definition) is 5.